The van der Waals surface area contributed by atoms with E-state index in [0.29, 0.717) is 11.8 Å². The second-order valence-corrected chi connectivity index (χ2v) is 8.51. The summed E-state index contributed by atoms with van der Waals surface area (Å²) in [5.74, 6) is 4.45. The van der Waals surface area contributed by atoms with Gasteiger partial charge in [0.15, 0.2) is 0 Å². The summed E-state index contributed by atoms with van der Waals surface area (Å²) in [4.78, 5) is 27.9. The van der Waals surface area contributed by atoms with Crippen molar-refractivity contribution < 1.29 is 4.79 Å². The first-order valence-corrected chi connectivity index (χ1v) is 10.1. The first-order valence-electron chi connectivity index (χ1n) is 10.1. The maximum Gasteiger partial charge on any atom is 0.222 e. The van der Waals surface area contributed by atoms with Gasteiger partial charge in [-0.15, -0.1) is 0 Å². The van der Waals surface area contributed by atoms with Crippen molar-refractivity contribution >= 4 is 17.5 Å². The first-order chi connectivity index (χ1) is 12.6. The molecule has 0 spiro atoms. The molecular formula is C20H31N5O. The Bertz CT molecular complexity index is 629. The van der Waals surface area contributed by atoms with Gasteiger partial charge in [0.25, 0.3) is 0 Å². The standard InChI is InChI=1S/C20H31N5O/c1-23(2)18-11-19(22-14-21-18)24-8-6-15(7-9-24)10-20(26)25-12-16-4-3-5-17(16)13-25/h11,14-17H,3-10,12-13H2,1-2H3. The maximum atomic E-state index is 12.7. The fraction of sp³-hybridized carbons (Fsp3) is 0.750. The van der Waals surface area contributed by atoms with Crippen molar-refractivity contribution in [3.8, 4) is 0 Å². The van der Waals surface area contributed by atoms with Crippen molar-refractivity contribution in [3.05, 3.63) is 12.4 Å². The fourth-order valence-electron chi connectivity index (χ4n) is 4.94. The fourth-order valence-corrected chi connectivity index (χ4v) is 4.94. The quantitative estimate of drug-likeness (QED) is 0.828. The highest BCUT2D eigenvalue weighted by molar-refractivity contribution is 5.76. The SMILES string of the molecule is CN(C)c1cc(N2CCC(CC(=O)N3CC4CCCC4C3)CC2)ncn1. The molecule has 1 amide bonds. The summed E-state index contributed by atoms with van der Waals surface area (Å²) in [5.41, 5.74) is 0. The van der Waals surface area contributed by atoms with Crippen LogP contribution in [0, 0.1) is 17.8 Å². The second-order valence-electron chi connectivity index (χ2n) is 8.51. The van der Waals surface area contributed by atoms with Crippen molar-refractivity contribution in [3.63, 3.8) is 0 Å². The van der Waals surface area contributed by atoms with Gasteiger partial charge in [0.2, 0.25) is 5.91 Å². The Morgan fingerprint density at radius 3 is 2.46 bits per heavy atom. The Kier molecular flexibility index (Phi) is 5.00. The van der Waals surface area contributed by atoms with E-state index in [1.807, 2.05) is 19.0 Å². The molecule has 2 unspecified atom stereocenters. The number of anilines is 2. The van der Waals surface area contributed by atoms with E-state index in [9.17, 15) is 4.79 Å². The van der Waals surface area contributed by atoms with E-state index >= 15 is 0 Å². The van der Waals surface area contributed by atoms with E-state index in [4.69, 9.17) is 0 Å². The molecule has 0 N–H and O–H groups in total. The molecule has 2 saturated heterocycles. The molecule has 3 aliphatic rings. The molecule has 1 aromatic heterocycles. The molecular weight excluding hydrogens is 326 g/mol. The predicted octanol–water partition coefficient (Wildman–Crippen LogP) is 2.41. The highest BCUT2D eigenvalue weighted by Crippen LogP contribution is 2.38. The van der Waals surface area contributed by atoms with Crippen LogP contribution < -0.4 is 9.80 Å². The molecule has 4 rings (SSSR count). The zero-order valence-corrected chi connectivity index (χ0v) is 16.1. The van der Waals surface area contributed by atoms with Crippen LogP contribution in [0.5, 0.6) is 0 Å². The molecule has 1 aromatic rings. The van der Waals surface area contributed by atoms with E-state index in [0.717, 1.165) is 68.9 Å². The highest BCUT2D eigenvalue weighted by atomic mass is 16.2. The van der Waals surface area contributed by atoms with Gasteiger partial charge in [-0.05, 0) is 43.4 Å². The van der Waals surface area contributed by atoms with Crippen LogP contribution in [0.1, 0.15) is 38.5 Å². The number of fused-ring (bicyclic) bond motifs is 1. The number of rotatable bonds is 4. The summed E-state index contributed by atoms with van der Waals surface area (Å²) in [7, 11) is 3.99. The minimum Gasteiger partial charge on any atom is -0.363 e. The number of amides is 1. The smallest absolute Gasteiger partial charge is 0.222 e. The van der Waals surface area contributed by atoms with Gasteiger partial charge in [-0.25, -0.2) is 9.97 Å². The Hall–Kier alpha value is -1.85. The predicted molar refractivity (Wildman–Crippen MR) is 103 cm³/mol. The summed E-state index contributed by atoms with van der Waals surface area (Å²) in [6, 6.07) is 2.05. The second kappa shape index (κ2) is 7.41. The van der Waals surface area contributed by atoms with Crippen LogP contribution in [0.2, 0.25) is 0 Å². The van der Waals surface area contributed by atoms with Gasteiger partial charge in [-0.1, -0.05) is 6.42 Å². The van der Waals surface area contributed by atoms with Gasteiger partial charge in [0.05, 0.1) is 0 Å². The van der Waals surface area contributed by atoms with Gasteiger partial charge in [-0.3, -0.25) is 4.79 Å². The summed E-state index contributed by atoms with van der Waals surface area (Å²) in [6.07, 6.45) is 8.57. The lowest BCUT2D eigenvalue weighted by Crippen LogP contribution is -2.37. The van der Waals surface area contributed by atoms with Crippen molar-refractivity contribution in [2.24, 2.45) is 17.8 Å². The van der Waals surface area contributed by atoms with Crippen LogP contribution in [-0.2, 0) is 4.79 Å². The maximum absolute atomic E-state index is 12.7. The van der Waals surface area contributed by atoms with Crippen molar-refractivity contribution in [2.45, 2.75) is 38.5 Å². The van der Waals surface area contributed by atoms with Crippen LogP contribution in [-0.4, -0.2) is 61.0 Å². The Morgan fingerprint density at radius 2 is 1.81 bits per heavy atom. The normalized spacial score (nSPS) is 26.2. The van der Waals surface area contributed by atoms with Crippen LogP contribution in [0.3, 0.4) is 0 Å². The number of carbonyl (C=O) groups excluding carboxylic acids is 1. The van der Waals surface area contributed by atoms with E-state index in [1.54, 1.807) is 6.33 Å². The van der Waals surface area contributed by atoms with E-state index < -0.39 is 0 Å². The van der Waals surface area contributed by atoms with E-state index in [2.05, 4.69) is 25.8 Å². The van der Waals surface area contributed by atoms with Crippen LogP contribution in [0.15, 0.2) is 12.4 Å². The first kappa shape index (κ1) is 17.6. The van der Waals surface area contributed by atoms with Gasteiger partial charge >= 0.3 is 0 Å². The molecule has 1 aliphatic carbocycles. The molecule has 3 heterocycles. The molecule has 0 aromatic carbocycles. The molecule has 3 fully saturated rings. The zero-order valence-electron chi connectivity index (χ0n) is 16.1. The molecule has 2 aliphatic heterocycles. The third-order valence-electron chi connectivity index (χ3n) is 6.58. The molecule has 2 atom stereocenters. The minimum absolute atomic E-state index is 0.398. The lowest BCUT2D eigenvalue weighted by Gasteiger charge is -2.33. The summed E-state index contributed by atoms with van der Waals surface area (Å²) < 4.78 is 0. The molecule has 0 bridgehead atoms. The Balaban J connectivity index is 1.27. The highest BCUT2D eigenvalue weighted by Gasteiger charge is 2.38. The van der Waals surface area contributed by atoms with Crippen LogP contribution >= 0.6 is 0 Å². The number of hydrogen-bond donors (Lipinski definition) is 0. The average molecular weight is 358 g/mol. The van der Waals surface area contributed by atoms with E-state index in [1.165, 1.54) is 19.3 Å². The van der Waals surface area contributed by atoms with Crippen molar-refractivity contribution in [1.29, 1.82) is 0 Å². The molecule has 6 heteroatoms. The lowest BCUT2D eigenvalue weighted by atomic mass is 9.93. The molecule has 0 radical (unpaired) electrons. The van der Waals surface area contributed by atoms with Gasteiger partial charge in [0.1, 0.15) is 18.0 Å². The number of hydrogen-bond acceptors (Lipinski definition) is 5. The Labute approximate surface area is 156 Å². The molecule has 6 nitrogen and oxygen atoms in total. The summed E-state index contributed by atoms with van der Waals surface area (Å²) in [5, 5.41) is 0. The minimum atomic E-state index is 0.398. The molecule has 142 valence electrons. The monoisotopic (exact) mass is 357 g/mol. The summed E-state index contributed by atoms with van der Waals surface area (Å²) >= 11 is 0. The van der Waals surface area contributed by atoms with Crippen LogP contribution in [0.25, 0.3) is 0 Å². The van der Waals surface area contributed by atoms with Gasteiger partial charge < -0.3 is 14.7 Å². The number of carbonyl (C=O) groups is 1. The lowest BCUT2D eigenvalue weighted by molar-refractivity contribution is -0.131. The Morgan fingerprint density at radius 1 is 1.12 bits per heavy atom. The van der Waals surface area contributed by atoms with E-state index in [-0.39, 0.29) is 0 Å². The summed E-state index contributed by atoms with van der Waals surface area (Å²) in [6.45, 7) is 4.01. The van der Waals surface area contributed by atoms with Crippen molar-refractivity contribution in [2.75, 3.05) is 50.1 Å². The van der Waals surface area contributed by atoms with Gasteiger partial charge in [-0.2, -0.15) is 0 Å². The zero-order chi connectivity index (χ0) is 18.1. The number of nitrogens with zero attached hydrogens (tertiary/aromatic N) is 5. The molecule has 1 saturated carbocycles. The number of piperidine rings is 1. The third kappa shape index (κ3) is 3.64. The third-order valence-corrected chi connectivity index (χ3v) is 6.58. The number of likely N-dealkylation sites (tertiary alicyclic amines) is 1. The van der Waals surface area contributed by atoms with Crippen molar-refractivity contribution in [1.82, 2.24) is 14.9 Å². The molecule has 26 heavy (non-hydrogen) atoms. The largest absolute Gasteiger partial charge is 0.363 e. The topological polar surface area (TPSA) is 52.6 Å². The average Bonchev–Trinajstić information content (AvgIpc) is 3.24. The number of aromatic nitrogens is 2. The van der Waals surface area contributed by atoms with Gasteiger partial charge in [0, 0.05) is 52.8 Å². The van der Waals surface area contributed by atoms with Crippen LogP contribution in [0.4, 0.5) is 11.6 Å².